The van der Waals surface area contributed by atoms with E-state index in [0.29, 0.717) is 32.0 Å². The van der Waals surface area contributed by atoms with E-state index >= 15 is 0 Å². The highest BCUT2D eigenvalue weighted by molar-refractivity contribution is 6.31. The number of imide groups is 2. The van der Waals surface area contributed by atoms with Crippen LogP contribution in [0.1, 0.15) is 244 Å². The van der Waals surface area contributed by atoms with Crippen molar-refractivity contribution in [1.29, 1.82) is 0 Å². The van der Waals surface area contributed by atoms with E-state index in [9.17, 15) is 14.4 Å². The first kappa shape index (κ1) is 63.3. The van der Waals surface area contributed by atoms with Crippen LogP contribution in [0.15, 0.2) is 90.5 Å². The van der Waals surface area contributed by atoms with Crippen molar-refractivity contribution in [2.24, 2.45) is 0 Å². The molecular weight excluding hydrogens is 969 g/mol. The fraction of sp³-hybridized carbons (Fsp3) is 0.580. The third-order valence-electron chi connectivity index (χ3n) is 15.1. The van der Waals surface area contributed by atoms with Crippen LogP contribution in [0.3, 0.4) is 0 Å². The van der Waals surface area contributed by atoms with Crippen LogP contribution in [0.5, 0.6) is 23.0 Å². The quantitative estimate of drug-likeness (QED) is 0.0258. The molecule has 5 rings (SSSR count). The lowest BCUT2D eigenvalue weighted by Gasteiger charge is -2.19. The zero-order valence-electron chi connectivity index (χ0n) is 48.7. The fourth-order valence-corrected chi connectivity index (χ4v) is 10.2. The van der Waals surface area contributed by atoms with Crippen molar-refractivity contribution in [1.82, 2.24) is 10.6 Å². The zero-order chi connectivity index (χ0) is 55.1. The molecule has 4 amide bonds. The van der Waals surface area contributed by atoms with E-state index in [-0.39, 0.29) is 5.57 Å². The predicted molar refractivity (Wildman–Crippen MR) is 324 cm³/mol. The maximum absolute atomic E-state index is 12.2. The van der Waals surface area contributed by atoms with E-state index < -0.39 is 17.8 Å². The van der Waals surface area contributed by atoms with Crippen molar-refractivity contribution in [2.45, 2.75) is 239 Å². The van der Waals surface area contributed by atoms with Gasteiger partial charge in [-0.05, 0) is 83.0 Å². The summed E-state index contributed by atoms with van der Waals surface area (Å²) in [7, 11) is 0. The van der Waals surface area contributed by atoms with Crippen LogP contribution in [0.25, 0.3) is 28.3 Å². The van der Waals surface area contributed by atoms with Crippen LogP contribution in [-0.2, 0) is 16.2 Å². The highest BCUT2D eigenvalue weighted by Gasteiger charge is 2.27. The summed E-state index contributed by atoms with van der Waals surface area (Å²) in [6, 6.07) is 27.6. The molecule has 1 aliphatic heterocycles. The van der Waals surface area contributed by atoms with Gasteiger partial charge in [0.05, 0.1) is 19.8 Å². The molecule has 428 valence electrons. The number of unbranched alkanes of at least 4 members (excludes halogenated alkanes) is 30. The number of urea groups is 1. The molecule has 9 heteroatoms. The van der Waals surface area contributed by atoms with Crippen LogP contribution in [0.4, 0.5) is 4.79 Å². The van der Waals surface area contributed by atoms with E-state index in [0.717, 1.165) is 70.1 Å². The summed E-state index contributed by atoms with van der Waals surface area (Å²) in [5.74, 6) is 1.61. The molecule has 1 heterocycles. The maximum Gasteiger partial charge on any atom is 0.328 e. The third-order valence-corrected chi connectivity index (χ3v) is 15.1. The van der Waals surface area contributed by atoms with Gasteiger partial charge in [-0.3, -0.25) is 20.2 Å². The van der Waals surface area contributed by atoms with Crippen molar-refractivity contribution in [2.75, 3.05) is 19.8 Å². The summed E-state index contributed by atoms with van der Waals surface area (Å²) in [4.78, 5) is 35.8. The van der Waals surface area contributed by atoms with Gasteiger partial charge in [-0.2, -0.15) is 0 Å². The Hall–Kier alpha value is -5.57. The van der Waals surface area contributed by atoms with Gasteiger partial charge in [0.2, 0.25) is 5.75 Å². The lowest BCUT2D eigenvalue weighted by atomic mass is 9.99. The molecule has 9 nitrogen and oxygen atoms in total. The second kappa shape index (κ2) is 39.7. The topological polar surface area (TPSA) is 112 Å². The van der Waals surface area contributed by atoms with Crippen molar-refractivity contribution in [3.63, 3.8) is 0 Å². The molecule has 1 fully saturated rings. The van der Waals surface area contributed by atoms with Gasteiger partial charge in [0.15, 0.2) is 11.5 Å². The number of rotatable bonds is 45. The number of ether oxygens (including phenoxy) is 4. The molecule has 4 aromatic carbocycles. The Morgan fingerprint density at radius 2 is 0.667 bits per heavy atom. The lowest BCUT2D eigenvalue weighted by molar-refractivity contribution is -0.123. The minimum atomic E-state index is -0.814. The average Bonchev–Trinajstić information content (AvgIpc) is 3.47. The van der Waals surface area contributed by atoms with E-state index in [2.05, 4.69) is 79.9 Å². The van der Waals surface area contributed by atoms with Gasteiger partial charge in [0, 0.05) is 0 Å². The zero-order valence-corrected chi connectivity index (χ0v) is 48.7. The summed E-state index contributed by atoms with van der Waals surface area (Å²) < 4.78 is 26.5. The third kappa shape index (κ3) is 25.5. The standard InChI is InChI=1S/C69H100N2O7/c1-4-7-10-13-16-19-22-25-28-31-34-49-75-64-53-57(54-65(76-50-35-32-29-26-23-20-17-14-11-8-5-2)66(64)77-51-36-33-30-27-24-21-18-15-12-9-6-3)55-78-62-47-45-61(46-48-62)60-43-41-59(42-44-60)58-39-37-56(38-40-58)52-63-67(72)70-69(74)71-68(63)73/h37-48,52-54H,4-36,49-51,55H2,1-3H3,(H2,70,71,72,73,74). The van der Waals surface area contributed by atoms with Gasteiger partial charge in [-0.25, -0.2) is 4.79 Å². The number of benzene rings is 4. The summed E-state index contributed by atoms with van der Waals surface area (Å²) >= 11 is 0. The number of carbonyl (C=O) groups is 3. The molecule has 1 aliphatic rings. The average molecular weight is 1070 g/mol. The number of amides is 4. The van der Waals surface area contributed by atoms with Gasteiger partial charge in [0.25, 0.3) is 11.8 Å². The first-order valence-corrected chi connectivity index (χ1v) is 31.3. The molecule has 4 aromatic rings. The Balaban J connectivity index is 1.20. The van der Waals surface area contributed by atoms with Crippen molar-refractivity contribution >= 4 is 23.9 Å². The normalized spacial score (nSPS) is 12.4. The summed E-state index contributed by atoms with van der Waals surface area (Å²) in [6.45, 7) is 9.16. The summed E-state index contributed by atoms with van der Waals surface area (Å²) in [6.07, 6.45) is 44.2. The van der Waals surface area contributed by atoms with Crippen molar-refractivity contribution < 1.29 is 33.3 Å². The molecule has 0 aliphatic carbocycles. The molecule has 0 bridgehead atoms. The molecule has 0 radical (unpaired) electrons. The Labute approximate surface area is 471 Å². The van der Waals surface area contributed by atoms with E-state index in [4.69, 9.17) is 18.9 Å². The second-order valence-electron chi connectivity index (χ2n) is 21.9. The molecule has 0 unspecified atom stereocenters. The summed E-state index contributed by atoms with van der Waals surface area (Å²) in [5.41, 5.74) is 5.75. The molecule has 78 heavy (non-hydrogen) atoms. The summed E-state index contributed by atoms with van der Waals surface area (Å²) in [5, 5.41) is 4.22. The monoisotopic (exact) mass is 1070 g/mol. The second-order valence-corrected chi connectivity index (χ2v) is 21.9. The highest BCUT2D eigenvalue weighted by atomic mass is 16.5. The van der Waals surface area contributed by atoms with Crippen molar-refractivity contribution in [3.05, 3.63) is 102 Å². The molecule has 0 spiro atoms. The molecule has 0 atom stereocenters. The smallest absolute Gasteiger partial charge is 0.328 e. The largest absolute Gasteiger partial charge is 0.490 e. The lowest BCUT2D eigenvalue weighted by Crippen LogP contribution is -2.51. The number of hydrogen-bond acceptors (Lipinski definition) is 7. The van der Waals surface area contributed by atoms with Gasteiger partial charge < -0.3 is 18.9 Å². The van der Waals surface area contributed by atoms with Crippen LogP contribution < -0.4 is 29.6 Å². The van der Waals surface area contributed by atoms with E-state index in [1.54, 1.807) is 0 Å². The minimum Gasteiger partial charge on any atom is -0.490 e. The Morgan fingerprint density at radius 3 is 1.03 bits per heavy atom. The first-order chi connectivity index (χ1) is 38.4. The molecule has 0 aromatic heterocycles. The Morgan fingerprint density at radius 1 is 0.359 bits per heavy atom. The molecule has 0 saturated carbocycles. The highest BCUT2D eigenvalue weighted by Crippen LogP contribution is 2.40. The van der Waals surface area contributed by atoms with Crippen LogP contribution >= 0.6 is 0 Å². The predicted octanol–water partition coefficient (Wildman–Crippen LogP) is 19.4. The molecule has 2 N–H and O–H groups in total. The van der Waals surface area contributed by atoms with Gasteiger partial charge in [-0.1, -0.05) is 274 Å². The van der Waals surface area contributed by atoms with Crippen LogP contribution in [-0.4, -0.2) is 37.7 Å². The van der Waals surface area contributed by atoms with Crippen molar-refractivity contribution in [3.8, 4) is 45.3 Å². The SMILES string of the molecule is CCCCCCCCCCCCCOc1cc(COc2ccc(-c3ccc(-c4ccc(C=C5C(=O)NC(=O)NC5=O)cc4)cc3)cc2)cc(OCCCCCCCCCCCCC)c1OCCCCCCCCCCCCC. The number of hydrogen-bond donors (Lipinski definition) is 2. The van der Waals surface area contributed by atoms with Gasteiger partial charge in [-0.15, -0.1) is 0 Å². The number of carbonyl (C=O) groups excluding carboxylic acids is 3. The van der Waals surface area contributed by atoms with E-state index in [1.807, 2.05) is 36.4 Å². The number of barbiturate groups is 1. The first-order valence-electron chi connectivity index (χ1n) is 31.3. The fourth-order valence-electron chi connectivity index (χ4n) is 10.2. The van der Waals surface area contributed by atoms with Gasteiger partial charge in [0.1, 0.15) is 17.9 Å². The number of nitrogens with one attached hydrogen (secondary N) is 2. The minimum absolute atomic E-state index is 0.111. The molecule has 1 saturated heterocycles. The molecular formula is C69H100N2O7. The maximum atomic E-state index is 12.2. The van der Waals surface area contributed by atoms with Crippen LogP contribution in [0, 0.1) is 0 Å². The van der Waals surface area contributed by atoms with Gasteiger partial charge >= 0.3 is 6.03 Å². The Kier molecular flexibility index (Phi) is 32.2. The van der Waals surface area contributed by atoms with E-state index in [1.165, 1.54) is 199 Å². The van der Waals surface area contributed by atoms with Crippen LogP contribution in [0.2, 0.25) is 0 Å². The Bertz CT molecular complexity index is 2220.